The molecule has 0 saturated carbocycles. The lowest BCUT2D eigenvalue weighted by molar-refractivity contribution is 0.102. The highest BCUT2D eigenvalue weighted by molar-refractivity contribution is 6.32. The number of halogens is 3. The molecule has 0 spiro atoms. The van der Waals surface area contributed by atoms with Crippen molar-refractivity contribution in [1.29, 1.82) is 0 Å². The first kappa shape index (κ1) is 22.3. The monoisotopic (exact) mass is 469 g/mol. The van der Waals surface area contributed by atoms with E-state index in [9.17, 15) is 9.18 Å². The fraction of sp³-hybridized carbons (Fsp3) is 0.136. The van der Waals surface area contributed by atoms with Crippen LogP contribution in [0.1, 0.15) is 35.7 Å². The van der Waals surface area contributed by atoms with Gasteiger partial charge in [-0.25, -0.2) is 14.4 Å². The number of anilines is 2. The topological polar surface area (TPSA) is 112 Å². The highest BCUT2D eigenvalue weighted by Crippen LogP contribution is 2.34. The molecule has 0 fully saturated rings. The number of benzene rings is 1. The fourth-order valence-electron chi connectivity index (χ4n) is 3.32. The van der Waals surface area contributed by atoms with Gasteiger partial charge in [-0.1, -0.05) is 25.4 Å². The van der Waals surface area contributed by atoms with Gasteiger partial charge in [-0.15, -0.1) is 4.80 Å². The van der Waals surface area contributed by atoms with Gasteiger partial charge in [0.15, 0.2) is 5.82 Å². The molecule has 168 valence electrons. The number of hydrogen-bond acceptors (Lipinski definition) is 6. The predicted molar refractivity (Wildman–Crippen MR) is 120 cm³/mol. The number of nitrogens with one attached hydrogen (secondary N) is 1. The lowest BCUT2D eigenvalue weighted by atomic mass is 9.90. The van der Waals surface area contributed by atoms with Crippen LogP contribution in [0, 0.1) is 11.8 Å². The highest BCUT2D eigenvalue weighted by Gasteiger charge is 2.21. The first-order valence-electron chi connectivity index (χ1n) is 9.84. The normalized spacial score (nSPS) is 11.1. The molecule has 0 aliphatic carbocycles. The van der Waals surface area contributed by atoms with Gasteiger partial charge in [0.1, 0.15) is 11.6 Å². The van der Waals surface area contributed by atoms with E-state index in [1.807, 2.05) is 13.8 Å². The molecule has 0 aliphatic heterocycles. The highest BCUT2D eigenvalue weighted by atomic mass is 35.5. The van der Waals surface area contributed by atoms with Crippen LogP contribution < -0.4 is 11.1 Å². The molecule has 3 N–H and O–H groups in total. The molecule has 1 amide bonds. The van der Waals surface area contributed by atoms with Gasteiger partial charge in [0, 0.05) is 5.56 Å². The van der Waals surface area contributed by atoms with Crippen LogP contribution in [0.5, 0.6) is 0 Å². The SMILES string of the molecule is CC(C)c1cc(C(=O)Nc2cnc(-n3nccn3)c(Cl)c2)c(F)cc1-c1ccc(F)nc1N. The number of nitrogen functional groups attached to an aromatic ring is 1. The second-order valence-corrected chi connectivity index (χ2v) is 7.85. The second kappa shape index (κ2) is 8.91. The molecule has 11 heteroatoms. The van der Waals surface area contributed by atoms with Crippen molar-refractivity contribution in [2.75, 3.05) is 11.1 Å². The van der Waals surface area contributed by atoms with Crippen molar-refractivity contribution in [3.8, 4) is 16.9 Å². The molecule has 4 aromatic rings. The van der Waals surface area contributed by atoms with E-state index in [-0.39, 0.29) is 33.8 Å². The van der Waals surface area contributed by atoms with Crippen LogP contribution in [-0.4, -0.2) is 30.9 Å². The summed E-state index contributed by atoms with van der Waals surface area (Å²) >= 11 is 6.23. The number of pyridine rings is 2. The Hall–Kier alpha value is -3.92. The number of aromatic nitrogens is 5. The smallest absolute Gasteiger partial charge is 0.258 e. The minimum Gasteiger partial charge on any atom is -0.383 e. The zero-order valence-electron chi connectivity index (χ0n) is 17.6. The quantitative estimate of drug-likeness (QED) is 0.413. The minimum atomic E-state index is -0.771. The number of amides is 1. The first-order chi connectivity index (χ1) is 15.7. The van der Waals surface area contributed by atoms with Crippen molar-refractivity contribution in [3.63, 3.8) is 0 Å². The lowest BCUT2D eigenvalue weighted by Gasteiger charge is -2.17. The Kier molecular flexibility index (Phi) is 6.01. The van der Waals surface area contributed by atoms with Crippen molar-refractivity contribution in [3.05, 3.63) is 76.8 Å². The molecule has 0 bridgehead atoms. The number of rotatable bonds is 5. The molecule has 4 rings (SSSR count). The van der Waals surface area contributed by atoms with Gasteiger partial charge in [-0.2, -0.15) is 14.6 Å². The molecule has 8 nitrogen and oxygen atoms in total. The summed E-state index contributed by atoms with van der Waals surface area (Å²) < 4.78 is 28.4. The summed E-state index contributed by atoms with van der Waals surface area (Å²) in [7, 11) is 0. The third kappa shape index (κ3) is 4.51. The third-order valence-electron chi connectivity index (χ3n) is 4.87. The average molecular weight is 470 g/mol. The van der Waals surface area contributed by atoms with E-state index in [0.29, 0.717) is 16.7 Å². The van der Waals surface area contributed by atoms with Crippen LogP contribution in [0.3, 0.4) is 0 Å². The van der Waals surface area contributed by atoms with Gasteiger partial charge in [-0.3, -0.25) is 4.79 Å². The van der Waals surface area contributed by atoms with E-state index in [0.717, 1.165) is 6.07 Å². The van der Waals surface area contributed by atoms with E-state index >= 15 is 4.39 Å². The van der Waals surface area contributed by atoms with Crippen LogP contribution in [0.4, 0.5) is 20.3 Å². The second-order valence-electron chi connectivity index (χ2n) is 7.44. The van der Waals surface area contributed by atoms with E-state index < -0.39 is 17.7 Å². The molecule has 1 aromatic carbocycles. The maximum Gasteiger partial charge on any atom is 0.258 e. The van der Waals surface area contributed by atoms with Gasteiger partial charge < -0.3 is 11.1 Å². The Labute approximate surface area is 192 Å². The Morgan fingerprint density at radius 1 is 1.12 bits per heavy atom. The maximum absolute atomic E-state index is 15.0. The molecule has 0 saturated heterocycles. The summed E-state index contributed by atoms with van der Waals surface area (Å²) in [6.07, 6.45) is 4.31. The van der Waals surface area contributed by atoms with E-state index in [2.05, 4.69) is 25.5 Å². The molecule has 0 radical (unpaired) electrons. The largest absolute Gasteiger partial charge is 0.383 e. The van der Waals surface area contributed by atoms with Crippen LogP contribution in [0.2, 0.25) is 5.02 Å². The Morgan fingerprint density at radius 2 is 1.85 bits per heavy atom. The first-order valence-corrected chi connectivity index (χ1v) is 10.2. The Balaban J connectivity index is 1.67. The summed E-state index contributed by atoms with van der Waals surface area (Å²) in [5, 5.41) is 10.7. The van der Waals surface area contributed by atoms with Gasteiger partial charge in [0.05, 0.1) is 34.9 Å². The summed E-state index contributed by atoms with van der Waals surface area (Å²) in [6, 6.07) is 6.69. The molecule has 0 atom stereocenters. The van der Waals surface area contributed by atoms with Crippen molar-refractivity contribution in [1.82, 2.24) is 25.0 Å². The van der Waals surface area contributed by atoms with Gasteiger partial charge in [0.25, 0.3) is 5.91 Å². The Morgan fingerprint density at radius 3 is 2.48 bits per heavy atom. The predicted octanol–water partition coefficient (Wildman–Crippen LogP) is 4.61. The number of nitrogens with zero attached hydrogens (tertiary/aromatic N) is 5. The average Bonchev–Trinajstić information content (AvgIpc) is 3.28. The molecule has 0 aliphatic rings. The van der Waals surface area contributed by atoms with Crippen LogP contribution in [0.25, 0.3) is 16.9 Å². The van der Waals surface area contributed by atoms with Crippen molar-refractivity contribution < 1.29 is 13.6 Å². The molecule has 3 aromatic heterocycles. The molecule has 0 unspecified atom stereocenters. The third-order valence-corrected chi connectivity index (χ3v) is 5.15. The molecule has 33 heavy (non-hydrogen) atoms. The maximum atomic E-state index is 15.0. The lowest BCUT2D eigenvalue weighted by Crippen LogP contribution is -2.15. The number of carbonyl (C=O) groups is 1. The Bertz CT molecular complexity index is 1340. The van der Waals surface area contributed by atoms with E-state index in [4.69, 9.17) is 17.3 Å². The summed E-state index contributed by atoms with van der Waals surface area (Å²) in [4.78, 5) is 21.8. The van der Waals surface area contributed by atoms with Gasteiger partial charge in [0.2, 0.25) is 5.95 Å². The summed E-state index contributed by atoms with van der Waals surface area (Å²) in [6.45, 7) is 3.77. The van der Waals surface area contributed by atoms with E-state index in [1.54, 1.807) is 0 Å². The van der Waals surface area contributed by atoms with Gasteiger partial charge >= 0.3 is 0 Å². The zero-order chi connectivity index (χ0) is 23.7. The standard InChI is InChI=1S/C22H18ClF2N7O/c1-11(2)14-8-16(18(24)9-15(14)13-3-4-19(25)31-20(13)26)22(33)30-12-7-17(23)21(27-10-12)32-28-5-6-29-32/h3-11H,1-2H3,(H2,26,31)(H,30,33). The van der Waals surface area contributed by atoms with Crippen LogP contribution >= 0.6 is 11.6 Å². The van der Waals surface area contributed by atoms with Crippen molar-refractivity contribution >= 4 is 29.0 Å². The van der Waals surface area contributed by atoms with Crippen LogP contribution in [-0.2, 0) is 0 Å². The van der Waals surface area contributed by atoms with Crippen LogP contribution in [0.15, 0.2) is 48.9 Å². The fourth-order valence-corrected chi connectivity index (χ4v) is 3.56. The molecular formula is C22H18ClF2N7O. The van der Waals surface area contributed by atoms with Crippen molar-refractivity contribution in [2.45, 2.75) is 19.8 Å². The molecule has 3 heterocycles. The summed E-state index contributed by atoms with van der Waals surface area (Å²) in [5.74, 6) is -2.07. The molecular weight excluding hydrogens is 452 g/mol. The minimum absolute atomic E-state index is 0.0685. The van der Waals surface area contributed by atoms with Gasteiger partial charge in [-0.05, 0) is 47.4 Å². The number of hydrogen-bond donors (Lipinski definition) is 2. The number of carbonyl (C=O) groups excluding carboxylic acids is 1. The van der Waals surface area contributed by atoms with E-state index in [1.165, 1.54) is 47.7 Å². The summed E-state index contributed by atoms with van der Waals surface area (Å²) in [5.41, 5.74) is 7.41. The van der Waals surface area contributed by atoms with Crippen molar-refractivity contribution in [2.24, 2.45) is 0 Å². The zero-order valence-corrected chi connectivity index (χ0v) is 18.3. The number of nitrogens with two attached hydrogens (primary N) is 1.